The highest BCUT2D eigenvalue weighted by Crippen LogP contribution is 2.17. The van der Waals surface area contributed by atoms with E-state index in [1.54, 1.807) is 7.11 Å². The smallest absolute Gasteiger partial charge is 0.218 e. The maximum atomic E-state index is 5.13. The van der Waals surface area contributed by atoms with Crippen molar-refractivity contribution < 1.29 is 4.74 Å². The normalized spacial score (nSPS) is 16.4. The Labute approximate surface area is 136 Å². The van der Waals surface area contributed by atoms with Gasteiger partial charge in [0.05, 0.1) is 7.11 Å². The standard InChI is InChI=1S/C16H24N6O/c1-21-14(3-7-19-21)6-10-22-8-4-13(5-9-22)20-15-11-16(23-2)18-12-17-15/h3,7,11-13H,4-6,8-10H2,1-2H3,(H,17,18,20). The van der Waals surface area contributed by atoms with E-state index in [0.29, 0.717) is 11.9 Å². The zero-order chi connectivity index (χ0) is 16.1. The minimum absolute atomic E-state index is 0.461. The first kappa shape index (κ1) is 15.7. The summed E-state index contributed by atoms with van der Waals surface area (Å²) in [5.41, 5.74) is 1.29. The third-order valence-corrected chi connectivity index (χ3v) is 4.40. The van der Waals surface area contributed by atoms with Crippen LogP contribution in [0.5, 0.6) is 5.88 Å². The van der Waals surface area contributed by atoms with Gasteiger partial charge in [-0.3, -0.25) is 4.68 Å². The molecule has 0 atom stereocenters. The highest BCUT2D eigenvalue weighted by molar-refractivity contribution is 5.38. The molecule has 7 nitrogen and oxygen atoms in total. The fraction of sp³-hybridized carbons (Fsp3) is 0.562. The van der Waals surface area contributed by atoms with Gasteiger partial charge in [-0.2, -0.15) is 5.10 Å². The zero-order valence-corrected chi connectivity index (χ0v) is 13.8. The van der Waals surface area contributed by atoms with Crippen molar-refractivity contribution in [3.05, 3.63) is 30.4 Å². The summed E-state index contributed by atoms with van der Waals surface area (Å²) in [6.45, 7) is 3.31. The van der Waals surface area contributed by atoms with Crippen LogP contribution < -0.4 is 10.1 Å². The molecule has 1 aliphatic heterocycles. The highest BCUT2D eigenvalue weighted by atomic mass is 16.5. The van der Waals surface area contributed by atoms with E-state index in [1.807, 2.05) is 24.0 Å². The van der Waals surface area contributed by atoms with Gasteiger partial charge in [-0.05, 0) is 18.9 Å². The third kappa shape index (κ3) is 4.19. The van der Waals surface area contributed by atoms with Crippen LogP contribution in [0.1, 0.15) is 18.5 Å². The Bertz CT molecular complexity index is 621. The van der Waals surface area contributed by atoms with Gasteiger partial charge < -0.3 is 15.0 Å². The Morgan fingerprint density at radius 1 is 1.30 bits per heavy atom. The van der Waals surface area contributed by atoms with Crippen LogP contribution in [0, 0.1) is 0 Å². The predicted octanol–water partition coefficient (Wildman–Crippen LogP) is 1.34. The number of hydrogen-bond donors (Lipinski definition) is 1. The van der Waals surface area contributed by atoms with Crippen molar-refractivity contribution in [3.63, 3.8) is 0 Å². The number of rotatable bonds is 6. The molecule has 2 aromatic rings. The summed E-state index contributed by atoms with van der Waals surface area (Å²) in [4.78, 5) is 10.8. The van der Waals surface area contributed by atoms with Gasteiger partial charge in [0.2, 0.25) is 5.88 Å². The molecule has 7 heteroatoms. The van der Waals surface area contributed by atoms with Crippen LogP contribution in [0.15, 0.2) is 24.7 Å². The van der Waals surface area contributed by atoms with E-state index >= 15 is 0 Å². The van der Waals surface area contributed by atoms with Crippen LogP contribution in [0.2, 0.25) is 0 Å². The summed E-state index contributed by atoms with van der Waals surface area (Å²) in [7, 11) is 3.62. The van der Waals surface area contributed by atoms with Crippen LogP contribution in [0.25, 0.3) is 0 Å². The van der Waals surface area contributed by atoms with Gasteiger partial charge >= 0.3 is 0 Å². The fourth-order valence-corrected chi connectivity index (χ4v) is 2.96. The molecule has 23 heavy (non-hydrogen) atoms. The molecule has 124 valence electrons. The van der Waals surface area contributed by atoms with E-state index in [9.17, 15) is 0 Å². The Morgan fingerprint density at radius 2 is 2.13 bits per heavy atom. The molecule has 1 N–H and O–H groups in total. The molecule has 0 amide bonds. The summed E-state index contributed by atoms with van der Waals surface area (Å²) >= 11 is 0. The lowest BCUT2D eigenvalue weighted by Crippen LogP contribution is -2.40. The maximum Gasteiger partial charge on any atom is 0.218 e. The number of aryl methyl sites for hydroxylation is 1. The molecular weight excluding hydrogens is 292 g/mol. The van der Waals surface area contributed by atoms with Crippen molar-refractivity contribution in [2.45, 2.75) is 25.3 Å². The lowest BCUT2D eigenvalue weighted by atomic mass is 10.0. The van der Waals surface area contributed by atoms with Crippen molar-refractivity contribution in [1.82, 2.24) is 24.6 Å². The van der Waals surface area contributed by atoms with Gasteiger partial charge in [0.25, 0.3) is 0 Å². The Hall–Kier alpha value is -2.15. The van der Waals surface area contributed by atoms with Gasteiger partial charge in [-0.15, -0.1) is 0 Å². The van der Waals surface area contributed by atoms with Gasteiger partial charge in [0, 0.05) is 57.1 Å². The topological polar surface area (TPSA) is 68.1 Å². The maximum absolute atomic E-state index is 5.13. The van der Waals surface area contributed by atoms with E-state index < -0.39 is 0 Å². The fourth-order valence-electron chi connectivity index (χ4n) is 2.96. The Balaban J connectivity index is 1.44. The minimum Gasteiger partial charge on any atom is -0.481 e. The molecule has 0 spiro atoms. The molecule has 3 heterocycles. The van der Waals surface area contributed by atoms with Crippen molar-refractivity contribution in [3.8, 4) is 5.88 Å². The molecule has 1 fully saturated rings. The lowest BCUT2D eigenvalue weighted by molar-refractivity contribution is 0.220. The average molecular weight is 316 g/mol. The van der Waals surface area contributed by atoms with Crippen LogP contribution in [0.3, 0.4) is 0 Å². The van der Waals surface area contributed by atoms with Crippen LogP contribution in [0.4, 0.5) is 5.82 Å². The SMILES string of the molecule is COc1cc(NC2CCN(CCc3ccnn3C)CC2)ncn1. The number of nitrogens with one attached hydrogen (secondary N) is 1. The summed E-state index contributed by atoms with van der Waals surface area (Å²) in [5.74, 6) is 1.43. The van der Waals surface area contributed by atoms with Gasteiger partial charge in [-0.1, -0.05) is 0 Å². The zero-order valence-electron chi connectivity index (χ0n) is 13.8. The molecule has 2 aromatic heterocycles. The van der Waals surface area contributed by atoms with E-state index in [4.69, 9.17) is 4.74 Å². The molecule has 1 saturated heterocycles. The molecule has 0 bridgehead atoms. The first-order valence-electron chi connectivity index (χ1n) is 8.06. The molecule has 0 aliphatic carbocycles. The van der Waals surface area contributed by atoms with Crippen LogP contribution in [-0.4, -0.2) is 57.4 Å². The van der Waals surface area contributed by atoms with Gasteiger partial charge in [0.15, 0.2) is 0 Å². The summed E-state index contributed by atoms with van der Waals surface area (Å²) < 4.78 is 7.09. The Kier molecular flexibility index (Phi) is 5.07. The monoisotopic (exact) mass is 316 g/mol. The molecule has 0 radical (unpaired) electrons. The molecular formula is C16H24N6O. The number of ether oxygens (including phenoxy) is 1. The van der Waals surface area contributed by atoms with E-state index in [2.05, 4.69) is 31.3 Å². The number of aromatic nitrogens is 4. The Morgan fingerprint density at radius 3 is 2.83 bits per heavy atom. The van der Waals surface area contributed by atoms with E-state index in [0.717, 1.165) is 44.7 Å². The molecule has 0 unspecified atom stereocenters. The number of likely N-dealkylation sites (tertiary alicyclic amines) is 1. The van der Waals surface area contributed by atoms with Crippen molar-refractivity contribution in [2.75, 3.05) is 32.1 Å². The second-order valence-corrected chi connectivity index (χ2v) is 5.90. The molecule has 0 aromatic carbocycles. The molecule has 3 rings (SSSR count). The van der Waals surface area contributed by atoms with Crippen LogP contribution >= 0.6 is 0 Å². The van der Waals surface area contributed by atoms with Crippen molar-refractivity contribution in [2.24, 2.45) is 7.05 Å². The number of anilines is 1. The second-order valence-electron chi connectivity index (χ2n) is 5.90. The predicted molar refractivity (Wildman–Crippen MR) is 88.6 cm³/mol. The van der Waals surface area contributed by atoms with Crippen LogP contribution in [-0.2, 0) is 13.5 Å². The first-order chi connectivity index (χ1) is 11.2. The quantitative estimate of drug-likeness (QED) is 0.867. The summed E-state index contributed by atoms with van der Waals surface area (Å²) in [6, 6.07) is 4.40. The largest absolute Gasteiger partial charge is 0.481 e. The van der Waals surface area contributed by atoms with Gasteiger partial charge in [0.1, 0.15) is 12.1 Å². The minimum atomic E-state index is 0.461. The summed E-state index contributed by atoms with van der Waals surface area (Å²) in [6.07, 6.45) is 6.69. The van der Waals surface area contributed by atoms with Crippen molar-refractivity contribution >= 4 is 5.82 Å². The van der Waals surface area contributed by atoms with E-state index in [1.165, 1.54) is 12.0 Å². The summed E-state index contributed by atoms with van der Waals surface area (Å²) in [5, 5.41) is 7.70. The third-order valence-electron chi connectivity index (χ3n) is 4.40. The van der Waals surface area contributed by atoms with Gasteiger partial charge in [-0.25, -0.2) is 9.97 Å². The second kappa shape index (κ2) is 7.41. The molecule has 1 aliphatic rings. The average Bonchev–Trinajstić information content (AvgIpc) is 2.99. The van der Waals surface area contributed by atoms with E-state index in [-0.39, 0.29) is 0 Å². The first-order valence-corrected chi connectivity index (χ1v) is 8.06. The number of hydrogen-bond acceptors (Lipinski definition) is 6. The number of methoxy groups -OCH3 is 1. The highest BCUT2D eigenvalue weighted by Gasteiger charge is 2.19. The number of nitrogens with zero attached hydrogens (tertiary/aromatic N) is 5. The molecule has 0 saturated carbocycles. The lowest BCUT2D eigenvalue weighted by Gasteiger charge is -2.32. The number of piperidine rings is 1. The van der Waals surface area contributed by atoms with Crippen molar-refractivity contribution in [1.29, 1.82) is 0 Å².